The lowest BCUT2D eigenvalue weighted by molar-refractivity contribution is 0.213. The minimum absolute atomic E-state index is 0.766. The van der Waals surface area contributed by atoms with Crippen molar-refractivity contribution in [1.82, 2.24) is 5.32 Å². The van der Waals surface area contributed by atoms with Crippen molar-refractivity contribution in [3.8, 4) is 0 Å². The molecule has 0 radical (unpaired) electrons. The minimum atomic E-state index is 0.766. The van der Waals surface area contributed by atoms with Gasteiger partial charge >= 0.3 is 0 Å². The standard InChI is InChI=1S/C14H27NS2/c1-3-11-5-4-6-12(9-11)14(15-2)13-10-16-7-8-17-13/h11-15H,3-10H2,1-2H3. The van der Waals surface area contributed by atoms with Crippen molar-refractivity contribution < 1.29 is 0 Å². The lowest BCUT2D eigenvalue weighted by Gasteiger charge is -2.39. The molecule has 0 spiro atoms. The molecule has 1 aliphatic carbocycles. The number of nitrogens with one attached hydrogen (secondary N) is 1. The van der Waals surface area contributed by atoms with Crippen LogP contribution in [-0.2, 0) is 0 Å². The van der Waals surface area contributed by atoms with E-state index in [4.69, 9.17) is 0 Å². The summed E-state index contributed by atoms with van der Waals surface area (Å²) in [6.07, 6.45) is 7.27. The monoisotopic (exact) mass is 273 g/mol. The Morgan fingerprint density at radius 3 is 2.82 bits per heavy atom. The van der Waals surface area contributed by atoms with E-state index < -0.39 is 0 Å². The zero-order valence-corrected chi connectivity index (χ0v) is 12.9. The van der Waals surface area contributed by atoms with Crippen LogP contribution in [0.2, 0.25) is 0 Å². The van der Waals surface area contributed by atoms with Gasteiger partial charge in [-0.05, 0) is 31.7 Å². The van der Waals surface area contributed by atoms with E-state index >= 15 is 0 Å². The smallest absolute Gasteiger partial charge is 0.0294 e. The molecule has 1 N–H and O–H groups in total. The van der Waals surface area contributed by atoms with E-state index in [2.05, 4.69) is 42.8 Å². The molecule has 1 saturated heterocycles. The number of hydrogen-bond acceptors (Lipinski definition) is 3. The average molecular weight is 274 g/mol. The fourth-order valence-corrected chi connectivity index (χ4v) is 6.47. The van der Waals surface area contributed by atoms with Crippen LogP contribution >= 0.6 is 23.5 Å². The molecule has 0 aromatic carbocycles. The van der Waals surface area contributed by atoms with Crippen LogP contribution in [0.3, 0.4) is 0 Å². The van der Waals surface area contributed by atoms with Gasteiger partial charge in [-0.15, -0.1) is 0 Å². The summed E-state index contributed by atoms with van der Waals surface area (Å²) in [5.74, 6) is 6.03. The highest BCUT2D eigenvalue weighted by Crippen LogP contribution is 2.37. The second kappa shape index (κ2) is 7.30. The molecular formula is C14H27NS2. The van der Waals surface area contributed by atoms with E-state index in [1.165, 1.54) is 49.4 Å². The first-order valence-corrected chi connectivity index (χ1v) is 9.42. The number of rotatable bonds is 4. The summed E-state index contributed by atoms with van der Waals surface area (Å²) in [7, 11) is 2.18. The van der Waals surface area contributed by atoms with Crippen LogP contribution in [0.4, 0.5) is 0 Å². The van der Waals surface area contributed by atoms with Gasteiger partial charge in [0.25, 0.3) is 0 Å². The van der Waals surface area contributed by atoms with Crippen molar-refractivity contribution in [2.24, 2.45) is 11.8 Å². The minimum Gasteiger partial charge on any atom is -0.316 e. The van der Waals surface area contributed by atoms with Crippen molar-refractivity contribution in [2.45, 2.75) is 50.3 Å². The summed E-state index contributed by atoms with van der Waals surface area (Å²) < 4.78 is 0. The van der Waals surface area contributed by atoms with Gasteiger partial charge in [0, 0.05) is 28.6 Å². The highest BCUT2D eigenvalue weighted by molar-refractivity contribution is 8.06. The van der Waals surface area contributed by atoms with Crippen molar-refractivity contribution in [1.29, 1.82) is 0 Å². The van der Waals surface area contributed by atoms with Gasteiger partial charge in [0.1, 0.15) is 0 Å². The third-order valence-corrected chi connectivity index (χ3v) is 7.37. The summed E-state index contributed by atoms with van der Waals surface area (Å²) in [6, 6.07) is 0.766. The Kier molecular flexibility index (Phi) is 6.04. The van der Waals surface area contributed by atoms with Crippen LogP contribution in [0.1, 0.15) is 39.0 Å². The molecule has 100 valence electrons. The van der Waals surface area contributed by atoms with Gasteiger partial charge in [0.15, 0.2) is 0 Å². The second-order valence-electron chi connectivity index (χ2n) is 5.50. The molecule has 2 fully saturated rings. The average Bonchev–Trinajstić information content (AvgIpc) is 2.41. The van der Waals surface area contributed by atoms with Crippen molar-refractivity contribution in [3.63, 3.8) is 0 Å². The summed E-state index contributed by atoms with van der Waals surface area (Å²) in [4.78, 5) is 0. The number of hydrogen-bond donors (Lipinski definition) is 1. The molecule has 4 atom stereocenters. The maximum Gasteiger partial charge on any atom is 0.0294 e. The van der Waals surface area contributed by atoms with Crippen molar-refractivity contribution >= 4 is 23.5 Å². The van der Waals surface area contributed by atoms with E-state index in [0.717, 1.165) is 23.1 Å². The normalized spacial score (nSPS) is 36.7. The maximum atomic E-state index is 3.65. The van der Waals surface area contributed by atoms with Crippen molar-refractivity contribution in [3.05, 3.63) is 0 Å². The van der Waals surface area contributed by atoms with Gasteiger partial charge in [0.2, 0.25) is 0 Å². The van der Waals surface area contributed by atoms with E-state index in [1.807, 2.05) is 0 Å². The molecule has 3 heteroatoms. The van der Waals surface area contributed by atoms with Crippen LogP contribution in [-0.4, -0.2) is 35.6 Å². The SMILES string of the molecule is CCC1CCCC(C(NC)C2CSCCS2)C1. The molecule has 1 heterocycles. The fourth-order valence-electron chi connectivity index (χ4n) is 3.47. The molecule has 0 aromatic rings. The topological polar surface area (TPSA) is 12.0 Å². The van der Waals surface area contributed by atoms with E-state index in [0.29, 0.717) is 0 Å². The summed E-state index contributed by atoms with van der Waals surface area (Å²) in [5.41, 5.74) is 0. The van der Waals surface area contributed by atoms with Crippen LogP contribution < -0.4 is 5.32 Å². The fraction of sp³-hybridized carbons (Fsp3) is 1.00. The van der Waals surface area contributed by atoms with Crippen molar-refractivity contribution in [2.75, 3.05) is 24.3 Å². The number of thioether (sulfide) groups is 2. The first-order valence-electron chi connectivity index (χ1n) is 7.21. The molecule has 1 saturated carbocycles. The quantitative estimate of drug-likeness (QED) is 0.840. The maximum absolute atomic E-state index is 3.65. The molecule has 4 unspecified atom stereocenters. The lowest BCUT2D eigenvalue weighted by Crippen LogP contribution is -2.46. The Morgan fingerprint density at radius 2 is 2.18 bits per heavy atom. The van der Waals surface area contributed by atoms with Crippen LogP contribution in [0.25, 0.3) is 0 Å². The zero-order valence-electron chi connectivity index (χ0n) is 11.3. The Balaban J connectivity index is 1.91. The first-order chi connectivity index (χ1) is 8.35. The van der Waals surface area contributed by atoms with Gasteiger partial charge in [-0.1, -0.05) is 26.2 Å². The van der Waals surface area contributed by atoms with Gasteiger partial charge in [-0.2, -0.15) is 23.5 Å². The Bertz CT molecular complexity index is 216. The van der Waals surface area contributed by atoms with Crippen LogP contribution in [0.15, 0.2) is 0 Å². The van der Waals surface area contributed by atoms with Gasteiger partial charge in [0.05, 0.1) is 0 Å². The molecule has 2 rings (SSSR count). The molecule has 17 heavy (non-hydrogen) atoms. The molecule has 2 aliphatic rings. The lowest BCUT2D eigenvalue weighted by atomic mass is 9.76. The molecule has 0 amide bonds. The molecule has 0 aromatic heterocycles. The van der Waals surface area contributed by atoms with E-state index in [9.17, 15) is 0 Å². The second-order valence-corrected chi connectivity index (χ2v) is 8.00. The largest absolute Gasteiger partial charge is 0.316 e. The Morgan fingerprint density at radius 1 is 1.29 bits per heavy atom. The van der Waals surface area contributed by atoms with Crippen LogP contribution in [0.5, 0.6) is 0 Å². The zero-order chi connectivity index (χ0) is 12.1. The molecule has 1 nitrogen and oxygen atoms in total. The molecule has 0 bridgehead atoms. The predicted molar refractivity (Wildman–Crippen MR) is 82.2 cm³/mol. The Hall–Kier alpha value is 0.660. The van der Waals surface area contributed by atoms with Gasteiger partial charge < -0.3 is 5.32 Å². The molecule has 1 aliphatic heterocycles. The third kappa shape index (κ3) is 3.81. The highest BCUT2D eigenvalue weighted by Gasteiger charge is 2.33. The summed E-state index contributed by atoms with van der Waals surface area (Å²) >= 11 is 4.37. The summed E-state index contributed by atoms with van der Waals surface area (Å²) in [5, 5.41) is 4.51. The highest BCUT2D eigenvalue weighted by atomic mass is 32.2. The summed E-state index contributed by atoms with van der Waals surface area (Å²) in [6.45, 7) is 2.37. The van der Waals surface area contributed by atoms with Crippen LogP contribution in [0, 0.1) is 11.8 Å². The first kappa shape index (κ1) is 14.1. The predicted octanol–water partition coefficient (Wildman–Crippen LogP) is 3.64. The van der Waals surface area contributed by atoms with Gasteiger partial charge in [-0.25, -0.2) is 0 Å². The molecular weight excluding hydrogens is 246 g/mol. The van der Waals surface area contributed by atoms with Gasteiger partial charge in [-0.3, -0.25) is 0 Å². The van der Waals surface area contributed by atoms with E-state index in [-0.39, 0.29) is 0 Å². The third-order valence-electron chi connectivity index (χ3n) is 4.48. The Labute approximate surface area is 115 Å². The van der Waals surface area contributed by atoms with E-state index in [1.54, 1.807) is 0 Å².